The zero-order valence-corrected chi connectivity index (χ0v) is 15.0. The molecule has 2 aromatic rings. The van der Waals surface area contributed by atoms with Crippen LogP contribution in [-0.2, 0) is 4.74 Å². The lowest BCUT2D eigenvalue weighted by Gasteiger charge is -2.48. The highest BCUT2D eigenvalue weighted by Gasteiger charge is 2.44. The summed E-state index contributed by atoms with van der Waals surface area (Å²) in [7, 11) is 1.62. The van der Waals surface area contributed by atoms with E-state index >= 15 is 0 Å². The van der Waals surface area contributed by atoms with Gasteiger partial charge in [-0.2, -0.15) is 0 Å². The van der Waals surface area contributed by atoms with Crippen LogP contribution < -0.4 is 9.64 Å². The van der Waals surface area contributed by atoms with Gasteiger partial charge in [0.2, 0.25) is 0 Å². The number of aromatic nitrogens is 2. The van der Waals surface area contributed by atoms with Gasteiger partial charge in [-0.25, -0.2) is 9.97 Å². The summed E-state index contributed by atoms with van der Waals surface area (Å²) in [6.45, 7) is 1.62. The molecule has 1 aromatic carbocycles. The minimum atomic E-state index is -0.327. The molecule has 2 aliphatic rings. The number of anilines is 1. The van der Waals surface area contributed by atoms with Crippen molar-refractivity contribution in [2.24, 2.45) is 0 Å². The lowest BCUT2D eigenvalue weighted by Crippen LogP contribution is -2.51. The Balaban J connectivity index is 1.49. The van der Waals surface area contributed by atoms with Crippen molar-refractivity contribution >= 4 is 5.82 Å². The maximum atomic E-state index is 10.5. The largest absolute Gasteiger partial charge is 0.478 e. The van der Waals surface area contributed by atoms with E-state index in [-0.39, 0.29) is 17.8 Å². The van der Waals surface area contributed by atoms with E-state index in [1.54, 1.807) is 19.5 Å². The van der Waals surface area contributed by atoms with Crippen LogP contribution in [0.3, 0.4) is 0 Å². The Bertz CT molecular complexity index is 732. The Hall–Kier alpha value is -2.18. The average Bonchev–Trinajstić information content (AvgIpc) is 2.69. The molecule has 0 unspecified atom stereocenters. The molecule has 2 aliphatic heterocycles. The number of rotatable bonds is 3. The summed E-state index contributed by atoms with van der Waals surface area (Å²) in [5.41, 5.74) is 0.869. The summed E-state index contributed by atoms with van der Waals surface area (Å²) in [5.74, 6) is 1.33. The van der Waals surface area contributed by atoms with Gasteiger partial charge < -0.3 is 19.5 Å². The molecule has 1 N–H and O–H groups in total. The van der Waals surface area contributed by atoms with Crippen molar-refractivity contribution in [3.63, 3.8) is 0 Å². The topological polar surface area (TPSA) is 67.7 Å². The molecule has 2 fully saturated rings. The van der Waals surface area contributed by atoms with Crippen LogP contribution in [0.1, 0.15) is 37.4 Å². The van der Waals surface area contributed by atoms with Gasteiger partial charge in [0.1, 0.15) is 0 Å². The minimum Gasteiger partial charge on any atom is -0.478 e. The van der Waals surface area contributed by atoms with Crippen molar-refractivity contribution in [3.8, 4) is 5.88 Å². The van der Waals surface area contributed by atoms with Crippen LogP contribution in [0.5, 0.6) is 5.88 Å². The monoisotopic (exact) mass is 355 g/mol. The second-order valence-corrected chi connectivity index (χ2v) is 7.17. The summed E-state index contributed by atoms with van der Waals surface area (Å²) in [6, 6.07) is 10.2. The molecule has 138 valence electrons. The maximum Gasteiger partial charge on any atom is 0.257 e. The summed E-state index contributed by atoms with van der Waals surface area (Å²) in [4.78, 5) is 10.9. The number of aliphatic hydroxyl groups is 1. The number of hydrogen-bond acceptors (Lipinski definition) is 6. The molecule has 0 amide bonds. The third-order valence-electron chi connectivity index (χ3n) is 5.47. The van der Waals surface area contributed by atoms with Crippen molar-refractivity contribution < 1.29 is 14.6 Å². The molecular formula is C20H25N3O3. The summed E-state index contributed by atoms with van der Waals surface area (Å²) in [5, 5.41) is 10.5. The fourth-order valence-corrected chi connectivity index (χ4v) is 4.16. The molecule has 26 heavy (non-hydrogen) atoms. The van der Waals surface area contributed by atoms with E-state index in [1.807, 2.05) is 18.2 Å². The van der Waals surface area contributed by atoms with Gasteiger partial charge in [-0.1, -0.05) is 30.3 Å². The summed E-state index contributed by atoms with van der Waals surface area (Å²) >= 11 is 0. The van der Waals surface area contributed by atoms with Crippen molar-refractivity contribution in [2.75, 3.05) is 25.1 Å². The Kier molecular flexibility index (Phi) is 4.78. The smallest absolute Gasteiger partial charge is 0.257 e. The molecule has 1 spiro atoms. The highest BCUT2D eigenvalue weighted by Crippen LogP contribution is 2.43. The molecule has 4 rings (SSSR count). The van der Waals surface area contributed by atoms with Gasteiger partial charge in [-0.05, 0) is 18.4 Å². The second-order valence-electron chi connectivity index (χ2n) is 7.17. The molecule has 2 atom stereocenters. The van der Waals surface area contributed by atoms with E-state index in [0.717, 1.165) is 37.3 Å². The Morgan fingerprint density at radius 2 is 1.88 bits per heavy atom. The maximum absolute atomic E-state index is 10.5. The normalized spacial score (nSPS) is 25.2. The van der Waals surface area contributed by atoms with E-state index < -0.39 is 0 Å². The first-order chi connectivity index (χ1) is 12.7. The van der Waals surface area contributed by atoms with Gasteiger partial charge in [0.25, 0.3) is 5.88 Å². The third-order valence-corrected chi connectivity index (χ3v) is 5.47. The first-order valence-corrected chi connectivity index (χ1v) is 9.20. The van der Waals surface area contributed by atoms with E-state index in [4.69, 9.17) is 9.47 Å². The van der Waals surface area contributed by atoms with Crippen LogP contribution in [-0.4, -0.2) is 47.0 Å². The number of ether oxygens (including phenoxy) is 2. The molecule has 6 nitrogen and oxygen atoms in total. The summed E-state index contributed by atoms with van der Waals surface area (Å²) < 4.78 is 11.9. The lowest BCUT2D eigenvalue weighted by atomic mass is 9.81. The molecule has 6 heteroatoms. The van der Waals surface area contributed by atoms with E-state index in [1.165, 1.54) is 0 Å². The van der Waals surface area contributed by atoms with Gasteiger partial charge in [-0.3, -0.25) is 0 Å². The minimum absolute atomic E-state index is 0.0439. The molecule has 0 aliphatic carbocycles. The molecule has 3 heterocycles. The quantitative estimate of drug-likeness (QED) is 0.913. The number of piperidine rings is 1. The van der Waals surface area contributed by atoms with Gasteiger partial charge in [-0.15, -0.1) is 0 Å². The van der Waals surface area contributed by atoms with Crippen LogP contribution in [0, 0.1) is 0 Å². The van der Waals surface area contributed by atoms with E-state index in [0.29, 0.717) is 18.7 Å². The first kappa shape index (κ1) is 17.2. The molecule has 0 bridgehead atoms. The third kappa shape index (κ3) is 3.39. The fraction of sp³-hybridized carbons (Fsp3) is 0.500. The molecule has 0 radical (unpaired) electrons. The summed E-state index contributed by atoms with van der Waals surface area (Å²) in [6.07, 6.45) is 6.02. The first-order valence-electron chi connectivity index (χ1n) is 9.20. The zero-order valence-electron chi connectivity index (χ0n) is 15.0. The van der Waals surface area contributed by atoms with Gasteiger partial charge in [0, 0.05) is 38.3 Å². The van der Waals surface area contributed by atoms with Crippen LogP contribution in [0.15, 0.2) is 42.7 Å². The van der Waals surface area contributed by atoms with Crippen molar-refractivity contribution in [1.29, 1.82) is 0 Å². The molecule has 0 saturated carbocycles. The number of benzene rings is 1. The Morgan fingerprint density at radius 1 is 1.15 bits per heavy atom. The van der Waals surface area contributed by atoms with Crippen LogP contribution in [0.2, 0.25) is 0 Å². The SMILES string of the molecule is COc1nccnc1N1CCC2(CC1)C[C@@H](O)C[C@H](c1ccccc1)O2. The predicted octanol–water partition coefficient (Wildman–Crippen LogP) is 2.74. The number of methoxy groups -OCH3 is 1. The van der Waals surface area contributed by atoms with Crippen molar-refractivity contribution in [1.82, 2.24) is 9.97 Å². The predicted molar refractivity (Wildman–Crippen MR) is 98.3 cm³/mol. The Labute approximate surface area is 153 Å². The standard InChI is InChI=1S/C20H25N3O3/c1-25-19-18(21-9-10-22-19)23-11-7-20(8-12-23)14-16(24)13-17(26-20)15-5-3-2-4-6-15/h2-6,9-10,16-17,24H,7-8,11-14H2,1H3/t16-,17+/m0/s1. The number of aliphatic hydroxyl groups excluding tert-OH is 1. The number of nitrogens with zero attached hydrogens (tertiary/aromatic N) is 3. The lowest BCUT2D eigenvalue weighted by molar-refractivity contribution is -0.173. The zero-order chi connectivity index (χ0) is 18.0. The van der Waals surface area contributed by atoms with Gasteiger partial charge in [0.05, 0.1) is 24.9 Å². The van der Waals surface area contributed by atoms with Crippen LogP contribution in [0.4, 0.5) is 5.82 Å². The Morgan fingerprint density at radius 3 is 2.62 bits per heavy atom. The number of hydrogen-bond donors (Lipinski definition) is 1. The van der Waals surface area contributed by atoms with Crippen molar-refractivity contribution in [3.05, 3.63) is 48.3 Å². The molecule has 1 aromatic heterocycles. The van der Waals surface area contributed by atoms with Crippen molar-refractivity contribution in [2.45, 2.75) is 43.5 Å². The fourth-order valence-electron chi connectivity index (χ4n) is 4.16. The molecule has 2 saturated heterocycles. The van der Waals surface area contributed by atoms with Crippen LogP contribution in [0.25, 0.3) is 0 Å². The van der Waals surface area contributed by atoms with E-state index in [2.05, 4.69) is 27.0 Å². The van der Waals surface area contributed by atoms with Gasteiger partial charge in [0.15, 0.2) is 5.82 Å². The highest BCUT2D eigenvalue weighted by atomic mass is 16.5. The highest BCUT2D eigenvalue weighted by molar-refractivity contribution is 5.48. The van der Waals surface area contributed by atoms with Gasteiger partial charge >= 0.3 is 0 Å². The average molecular weight is 355 g/mol. The van der Waals surface area contributed by atoms with Crippen LogP contribution >= 0.6 is 0 Å². The van der Waals surface area contributed by atoms with E-state index in [9.17, 15) is 5.11 Å². The second kappa shape index (κ2) is 7.21. The molecular weight excluding hydrogens is 330 g/mol.